The SMILES string of the molecule is Cc1csc(COc2ccc(CNC3CC3)cc2)n1. The number of aryl methyl sites for hydroxylation is 1. The molecule has 1 saturated carbocycles. The fourth-order valence-corrected chi connectivity index (χ4v) is 2.55. The molecule has 0 radical (unpaired) electrons. The Morgan fingerprint density at radius 2 is 2.11 bits per heavy atom. The molecule has 1 N–H and O–H groups in total. The van der Waals surface area contributed by atoms with Crippen molar-refractivity contribution in [3.05, 3.63) is 45.9 Å². The number of hydrogen-bond donors (Lipinski definition) is 1. The zero-order valence-electron chi connectivity index (χ0n) is 11.1. The summed E-state index contributed by atoms with van der Waals surface area (Å²) in [5.74, 6) is 0.906. The van der Waals surface area contributed by atoms with Crippen molar-refractivity contribution in [2.45, 2.75) is 39.0 Å². The van der Waals surface area contributed by atoms with E-state index in [1.165, 1.54) is 18.4 Å². The summed E-state index contributed by atoms with van der Waals surface area (Å²) in [6.45, 7) is 3.51. The van der Waals surface area contributed by atoms with Crippen LogP contribution in [0.3, 0.4) is 0 Å². The van der Waals surface area contributed by atoms with Gasteiger partial charge in [0, 0.05) is 23.7 Å². The van der Waals surface area contributed by atoms with E-state index in [9.17, 15) is 0 Å². The van der Waals surface area contributed by atoms with E-state index in [4.69, 9.17) is 4.74 Å². The lowest BCUT2D eigenvalue weighted by atomic mass is 10.2. The Bertz CT molecular complexity index is 531. The number of nitrogens with zero attached hydrogens (tertiary/aromatic N) is 1. The second-order valence-electron chi connectivity index (χ2n) is 4.97. The van der Waals surface area contributed by atoms with Crippen LogP contribution in [0.4, 0.5) is 0 Å². The highest BCUT2D eigenvalue weighted by Crippen LogP contribution is 2.20. The zero-order chi connectivity index (χ0) is 13.1. The van der Waals surface area contributed by atoms with Crippen molar-refractivity contribution in [1.29, 1.82) is 0 Å². The molecule has 19 heavy (non-hydrogen) atoms. The fraction of sp³-hybridized carbons (Fsp3) is 0.400. The van der Waals surface area contributed by atoms with Gasteiger partial charge in [-0.3, -0.25) is 0 Å². The Balaban J connectivity index is 1.50. The van der Waals surface area contributed by atoms with Crippen molar-refractivity contribution >= 4 is 11.3 Å². The van der Waals surface area contributed by atoms with Crippen LogP contribution < -0.4 is 10.1 Å². The molecule has 4 heteroatoms. The van der Waals surface area contributed by atoms with Crippen LogP contribution in [-0.4, -0.2) is 11.0 Å². The zero-order valence-corrected chi connectivity index (χ0v) is 11.9. The van der Waals surface area contributed by atoms with E-state index >= 15 is 0 Å². The summed E-state index contributed by atoms with van der Waals surface area (Å²) in [4.78, 5) is 4.38. The maximum absolute atomic E-state index is 5.73. The van der Waals surface area contributed by atoms with Gasteiger partial charge in [-0.15, -0.1) is 11.3 Å². The van der Waals surface area contributed by atoms with E-state index in [0.717, 1.165) is 29.0 Å². The second kappa shape index (κ2) is 5.72. The molecule has 0 aliphatic heterocycles. The highest BCUT2D eigenvalue weighted by Gasteiger charge is 2.19. The normalized spacial score (nSPS) is 14.6. The molecular weight excluding hydrogens is 256 g/mol. The number of benzene rings is 1. The molecule has 0 saturated heterocycles. The van der Waals surface area contributed by atoms with Crippen molar-refractivity contribution in [2.24, 2.45) is 0 Å². The van der Waals surface area contributed by atoms with Gasteiger partial charge in [-0.2, -0.15) is 0 Å². The minimum Gasteiger partial charge on any atom is -0.486 e. The van der Waals surface area contributed by atoms with Crippen LogP contribution in [0, 0.1) is 6.92 Å². The Labute approximate surface area is 117 Å². The molecular formula is C15H18N2OS. The van der Waals surface area contributed by atoms with Crippen molar-refractivity contribution in [2.75, 3.05) is 0 Å². The molecule has 0 unspecified atom stereocenters. The van der Waals surface area contributed by atoms with Gasteiger partial charge < -0.3 is 10.1 Å². The third-order valence-corrected chi connectivity index (χ3v) is 4.06. The van der Waals surface area contributed by atoms with Gasteiger partial charge >= 0.3 is 0 Å². The van der Waals surface area contributed by atoms with Gasteiger partial charge in [0.1, 0.15) is 17.4 Å². The maximum Gasteiger partial charge on any atom is 0.140 e. The fourth-order valence-electron chi connectivity index (χ4n) is 1.87. The van der Waals surface area contributed by atoms with E-state index in [2.05, 4.69) is 22.4 Å². The number of rotatable bonds is 6. The average molecular weight is 274 g/mol. The molecule has 3 nitrogen and oxygen atoms in total. The third-order valence-electron chi connectivity index (χ3n) is 3.12. The lowest BCUT2D eigenvalue weighted by Crippen LogP contribution is -2.15. The first-order valence-electron chi connectivity index (χ1n) is 6.66. The molecule has 0 spiro atoms. The summed E-state index contributed by atoms with van der Waals surface area (Å²) in [5.41, 5.74) is 2.37. The van der Waals surface area contributed by atoms with Crippen molar-refractivity contribution in [3.63, 3.8) is 0 Å². The summed E-state index contributed by atoms with van der Waals surface area (Å²) in [6, 6.07) is 9.06. The quantitative estimate of drug-likeness (QED) is 0.877. The van der Waals surface area contributed by atoms with E-state index in [0.29, 0.717) is 6.61 Å². The number of ether oxygens (including phenoxy) is 1. The number of hydrogen-bond acceptors (Lipinski definition) is 4. The van der Waals surface area contributed by atoms with Crippen LogP contribution in [0.15, 0.2) is 29.6 Å². The smallest absolute Gasteiger partial charge is 0.140 e. The van der Waals surface area contributed by atoms with E-state index < -0.39 is 0 Å². The van der Waals surface area contributed by atoms with Gasteiger partial charge in [0.15, 0.2) is 0 Å². The van der Waals surface area contributed by atoms with Gasteiger partial charge in [-0.25, -0.2) is 4.98 Å². The van der Waals surface area contributed by atoms with Crippen LogP contribution in [-0.2, 0) is 13.2 Å². The Morgan fingerprint density at radius 1 is 1.32 bits per heavy atom. The van der Waals surface area contributed by atoms with Gasteiger partial charge in [0.25, 0.3) is 0 Å². The summed E-state index contributed by atoms with van der Waals surface area (Å²) >= 11 is 1.64. The Morgan fingerprint density at radius 3 is 2.74 bits per heavy atom. The molecule has 1 heterocycles. The molecule has 3 rings (SSSR count). The van der Waals surface area contributed by atoms with Gasteiger partial charge in [0.05, 0.1) is 0 Å². The standard InChI is InChI=1S/C15H18N2OS/c1-11-10-19-15(17-11)9-18-14-6-2-12(3-7-14)8-16-13-4-5-13/h2-3,6-7,10,13,16H,4-5,8-9H2,1H3. The lowest BCUT2D eigenvalue weighted by Gasteiger charge is -2.06. The van der Waals surface area contributed by atoms with E-state index in [1.807, 2.05) is 24.4 Å². The van der Waals surface area contributed by atoms with Crippen LogP contribution in [0.5, 0.6) is 5.75 Å². The molecule has 0 amide bonds. The third kappa shape index (κ3) is 3.78. The molecule has 1 aliphatic rings. The molecule has 0 bridgehead atoms. The molecule has 1 aromatic heterocycles. The van der Waals surface area contributed by atoms with E-state index in [1.54, 1.807) is 11.3 Å². The number of nitrogens with one attached hydrogen (secondary N) is 1. The minimum atomic E-state index is 0.554. The molecule has 1 aromatic carbocycles. The second-order valence-corrected chi connectivity index (χ2v) is 5.91. The van der Waals surface area contributed by atoms with Crippen molar-refractivity contribution in [3.8, 4) is 5.75 Å². The monoisotopic (exact) mass is 274 g/mol. The van der Waals surface area contributed by atoms with Crippen LogP contribution in [0.2, 0.25) is 0 Å². The Kier molecular flexibility index (Phi) is 3.80. The number of thiazole rings is 1. The summed E-state index contributed by atoms with van der Waals surface area (Å²) in [6.07, 6.45) is 2.66. The predicted octanol–water partition coefficient (Wildman–Crippen LogP) is 3.28. The highest BCUT2D eigenvalue weighted by molar-refractivity contribution is 7.09. The number of aromatic nitrogens is 1. The largest absolute Gasteiger partial charge is 0.486 e. The Hall–Kier alpha value is -1.39. The summed E-state index contributed by atoms with van der Waals surface area (Å²) < 4.78 is 5.73. The summed E-state index contributed by atoms with van der Waals surface area (Å²) in [5, 5.41) is 6.58. The summed E-state index contributed by atoms with van der Waals surface area (Å²) in [7, 11) is 0. The molecule has 100 valence electrons. The van der Waals surface area contributed by atoms with Gasteiger partial charge in [-0.05, 0) is 37.5 Å². The van der Waals surface area contributed by atoms with E-state index in [-0.39, 0.29) is 0 Å². The minimum absolute atomic E-state index is 0.554. The lowest BCUT2D eigenvalue weighted by molar-refractivity contribution is 0.305. The first-order chi connectivity index (χ1) is 9.29. The average Bonchev–Trinajstić information content (AvgIpc) is 3.17. The van der Waals surface area contributed by atoms with Crippen LogP contribution >= 0.6 is 11.3 Å². The topological polar surface area (TPSA) is 34.1 Å². The first-order valence-corrected chi connectivity index (χ1v) is 7.54. The molecule has 1 fully saturated rings. The molecule has 1 aliphatic carbocycles. The highest BCUT2D eigenvalue weighted by atomic mass is 32.1. The van der Waals surface area contributed by atoms with Crippen LogP contribution in [0.25, 0.3) is 0 Å². The molecule has 0 atom stereocenters. The first kappa shape index (κ1) is 12.6. The van der Waals surface area contributed by atoms with Crippen LogP contribution in [0.1, 0.15) is 29.1 Å². The van der Waals surface area contributed by atoms with Gasteiger partial charge in [-0.1, -0.05) is 12.1 Å². The van der Waals surface area contributed by atoms with Crippen molar-refractivity contribution in [1.82, 2.24) is 10.3 Å². The predicted molar refractivity (Wildman–Crippen MR) is 77.5 cm³/mol. The molecule has 2 aromatic rings. The van der Waals surface area contributed by atoms with Gasteiger partial charge in [0.2, 0.25) is 0 Å². The maximum atomic E-state index is 5.73. The van der Waals surface area contributed by atoms with Crippen molar-refractivity contribution < 1.29 is 4.74 Å².